The molecule has 2 saturated heterocycles. The lowest BCUT2D eigenvalue weighted by Crippen LogP contribution is -2.39. The van der Waals surface area contributed by atoms with Gasteiger partial charge in [0.2, 0.25) is 0 Å². The summed E-state index contributed by atoms with van der Waals surface area (Å²) < 4.78 is 0. The van der Waals surface area contributed by atoms with E-state index in [9.17, 15) is 0 Å². The van der Waals surface area contributed by atoms with Crippen LogP contribution in [0.5, 0.6) is 0 Å². The first-order chi connectivity index (χ1) is 7.75. The quantitative estimate of drug-likeness (QED) is 0.782. The molecule has 2 aliphatic rings. The molecule has 0 radical (unpaired) electrons. The summed E-state index contributed by atoms with van der Waals surface area (Å²) >= 11 is 0. The zero-order valence-electron chi connectivity index (χ0n) is 10.7. The highest BCUT2D eigenvalue weighted by molar-refractivity contribution is 4.78. The molecule has 2 rings (SSSR count). The molecule has 2 heterocycles. The minimum atomic E-state index is 0.439. The zero-order chi connectivity index (χ0) is 11.4. The topological polar surface area (TPSA) is 32.5 Å². The Labute approximate surface area is 100.0 Å². The molecule has 94 valence electrons. The Morgan fingerprint density at radius 1 is 1.12 bits per heavy atom. The number of hydrogen-bond acceptors (Lipinski definition) is 3. The van der Waals surface area contributed by atoms with Gasteiger partial charge in [0.25, 0.3) is 0 Å². The van der Waals surface area contributed by atoms with Crippen LogP contribution < -0.4 is 5.73 Å². The molecule has 0 spiro atoms. The van der Waals surface area contributed by atoms with Gasteiger partial charge in [-0.15, -0.1) is 0 Å². The number of hydrogen-bond donors (Lipinski definition) is 1. The van der Waals surface area contributed by atoms with Gasteiger partial charge in [-0.25, -0.2) is 0 Å². The summed E-state index contributed by atoms with van der Waals surface area (Å²) in [6.45, 7) is 8.57. The first-order valence-corrected chi connectivity index (χ1v) is 6.97. The maximum atomic E-state index is 5.91. The molecular formula is C13H27N3. The van der Waals surface area contributed by atoms with Gasteiger partial charge in [-0.3, -0.25) is 0 Å². The van der Waals surface area contributed by atoms with Crippen molar-refractivity contribution in [3.05, 3.63) is 0 Å². The van der Waals surface area contributed by atoms with Gasteiger partial charge in [0.05, 0.1) is 0 Å². The van der Waals surface area contributed by atoms with E-state index in [1.54, 1.807) is 0 Å². The van der Waals surface area contributed by atoms with E-state index in [4.69, 9.17) is 5.73 Å². The molecule has 3 nitrogen and oxygen atoms in total. The smallest absolute Gasteiger partial charge is 0.0180 e. The molecule has 0 aromatic carbocycles. The Bertz CT molecular complexity index is 207. The van der Waals surface area contributed by atoms with E-state index in [-0.39, 0.29) is 0 Å². The van der Waals surface area contributed by atoms with E-state index in [0.717, 1.165) is 12.6 Å². The lowest BCUT2D eigenvalue weighted by molar-refractivity contribution is 0.152. The Morgan fingerprint density at radius 2 is 2.00 bits per heavy atom. The van der Waals surface area contributed by atoms with Crippen LogP contribution in [0.4, 0.5) is 0 Å². The van der Waals surface area contributed by atoms with E-state index < -0.39 is 0 Å². The third-order valence-electron chi connectivity index (χ3n) is 4.17. The number of likely N-dealkylation sites (tertiary alicyclic amines) is 2. The molecule has 2 aliphatic heterocycles. The van der Waals surface area contributed by atoms with Crippen LogP contribution in [0.3, 0.4) is 0 Å². The molecule has 2 unspecified atom stereocenters. The highest BCUT2D eigenvalue weighted by atomic mass is 15.2. The molecule has 0 amide bonds. The van der Waals surface area contributed by atoms with Crippen molar-refractivity contribution in [2.24, 2.45) is 5.73 Å². The number of rotatable bonds is 4. The van der Waals surface area contributed by atoms with Crippen LogP contribution in [-0.2, 0) is 0 Å². The van der Waals surface area contributed by atoms with Crippen LogP contribution in [0.1, 0.15) is 39.0 Å². The van der Waals surface area contributed by atoms with Crippen molar-refractivity contribution in [3.8, 4) is 0 Å². The lowest BCUT2D eigenvalue weighted by Gasteiger charge is -2.33. The highest BCUT2D eigenvalue weighted by Crippen LogP contribution is 2.16. The SMILES string of the molecule is CC1CCCCN1CCCN1CCC(N)C1. The van der Waals surface area contributed by atoms with Crippen molar-refractivity contribution in [1.82, 2.24) is 9.80 Å². The van der Waals surface area contributed by atoms with Gasteiger partial charge < -0.3 is 15.5 Å². The van der Waals surface area contributed by atoms with E-state index in [1.165, 1.54) is 58.3 Å². The number of nitrogens with zero attached hydrogens (tertiary/aromatic N) is 2. The Hall–Kier alpha value is -0.120. The Balaban J connectivity index is 1.60. The molecular weight excluding hydrogens is 198 g/mol. The minimum absolute atomic E-state index is 0.439. The number of piperidine rings is 1. The summed E-state index contributed by atoms with van der Waals surface area (Å²) in [5, 5.41) is 0. The molecule has 2 atom stereocenters. The van der Waals surface area contributed by atoms with Crippen LogP contribution in [0.15, 0.2) is 0 Å². The van der Waals surface area contributed by atoms with Crippen molar-refractivity contribution in [2.75, 3.05) is 32.7 Å². The predicted molar refractivity (Wildman–Crippen MR) is 68.5 cm³/mol. The monoisotopic (exact) mass is 225 g/mol. The third kappa shape index (κ3) is 3.44. The first kappa shape index (κ1) is 12.3. The molecule has 0 aromatic heterocycles. The third-order valence-corrected chi connectivity index (χ3v) is 4.17. The van der Waals surface area contributed by atoms with Crippen LogP contribution in [0.25, 0.3) is 0 Å². The zero-order valence-corrected chi connectivity index (χ0v) is 10.7. The van der Waals surface area contributed by atoms with Gasteiger partial charge in [0, 0.05) is 18.6 Å². The van der Waals surface area contributed by atoms with E-state index in [1.807, 2.05) is 0 Å². The van der Waals surface area contributed by atoms with Crippen LogP contribution in [-0.4, -0.2) is 54.6 Å². The maximum absolute atomic E-state index is 5.91. The second-order valence-corrected chi connectivity index (χ2v) is 5.58. The second-order valence-electron chi connectivity index (χ2n) is 5.58. The predicted octanol–water partition coefficient (Wildman–Crippen LogP) is 1.28. The van der Waals surface area contributed by atoms with Gasteiger partial charge >= 0.3 is 0 Å². The fourth-order valence-electron chi connectivity index (χ4n) is 3.05. The van der Waals surface area contributed by atoms with Gasteiger partial charge in [0.1, 0.15) is 0 Å². The summed E-state index contributed by atoms with van der Waals surface area (Å²) in [7, 11) is 0. The molecule has 2 fully saturated rings. The lowest BCUT2D eigenvalue weighted by atomic mass is 10.0. The van der Waals surface area contributed by atoms with Crippen molar-refractivity contribution < 1.29 is 0 Å². The summed E-state index contributed by atoms with van der Waals surface area (Å²) in [6, 6.07) is 1.25. The normalized spacial score (nSPS) is 33.4. The van der Waals surface area contributed by atoms with E-state index in [0.29, 0.717) is 6.04 Å². The van der Waals surface area contributed by atoms with Crippen molar-refractivity contribution in [3.63, 3.8) is 0 Å². The summed E-state index contributed by atoms with van der Waals surface area (Å²) in [5.41, 5.74) is 5.91. The van der Waals surface area contributed by atoms with E-state index in [2.05, 4.69) is 16.7 Å². The molecule has 0 aromatic rings. The highest BCUT2D eigenvalue weighted by Gasteiger charge is 2.20. The first-order valence-electron chi connectivity index (χ1n) is 6.97. The van der Waals surface area contributed by atoms with Gasteiger partial charge in [-0.1, -0.05) is 6.42 Å². The minimum Gasteiger partial charge on any atom is -0.326 e. The molecule has 2 N–H and O–H groups in total. The fraction of sp³-hybridized carbons (Fsp3) is 1.00. The molecule has 0 bridgehead atoms. The summed E-state index contributed by atoms with van der Waals surface area (Å²) in [6.07, 6.45) is 6.74. The Kier molecular flexibility index (Phi) is 4.62. The van der Waals surface area contributed by atoms with Gasteiger partial charge in [-0.2, -0.15) is 0 Å². The summed E-state index contributed by atoms with van der Waals surface area (Å²) in [5.74, 6) is 0. The van der Waals surface area contributed by atoms with Crippen LogP contribution in [0.2, 0.25) is 0 Å². The van der Waals surface area contributed by atoms with Gasteiger partial charge in [0.15, 0.2) is 0 Å². The number of nitrogens with two attached hydrogens (primary N) is 1. The van der Waals surface area contributed by atoms with Gasteiger partial charge in [-0.05, 0) is 58.8 Å². The maximum Gasteiger partial charge on any atom is 0.0180 e. The van der Waals surface area contributed by atoms with Crippen LogP contribution >= 0.6 is 0 Å². The van der Waals surface area contributed by atoms with E-state index >= 15 is 0 Å². The average molecular weight is 225 g/mol. The Morgan fingerprint density at radius 3 is 2.69 bits per heavy atom. The van der Waals surface area contributed by atoms with Crippen LogP contribution in [0, 0.1) is 0 Å². The second kappa shape index (κ2) is 5.99. The molecule has 3 heteroatoms. The fourth-order valence-corrected chi connectivity index (χ4v) is 3.05. The van der Waals surface area contributed by atoms with Crippen molar-refractivity contribution >= 4 is 0 Å². The molecule has 0 saturated carbocycles. The molecule has 0 aliphatic carbocycles. The summed E-state index contributed by atoms with van der Waals surface area (Å²) in [4.78, 5) is 5.19. The van der Waals surface area contributed by atoms with Crippen molar-refractivity contribution in [1.29, 1.82) is 0 Å². The standard InChI is InChI=1S/C13H27N3/c1-12-5-2-3-8-16(12)9-4-7-15-10-6-13(14)11-15/h12-13H,2-11,14H2,1H3. The molecule has 16 heavy (non-hydrogen) atoms. The average Bonchev–Trinajstić information content (AvgIpc) is 2.67. The largest absolute Gasteiger partial charge is 0.326 e. The van der Waals surface area contributed by atoms with Crippen molar-refractivity contribution in [2.45, 2.75) is 51.1 Å².